The molecule has 0 radical (unpaired) electrons. The third-order valence-electron chi connectivity index (χ3n) is 4.48. The Morgan fingerprint density at radius 3 is 2.62 bits per heavy atom. The molecule has 1 atom stereocenters. The molecule has 0 aromatic heterocycles. The van der Waals surface area contributed by atoms with E-state index in [2.05, 4.69) is 34.2 Å². The molecular weight excluding hydrogens is 330 g/mol. The van der Waals surface area contributed by atoms with Gasteiger partial charge < -0.3 is 14.8 Å². The Kier molecular flexibility index (Phi) is 6.08. The molecule has 1 aliphatic carbocycles. The van der Waals surface area contributed by atoms with E-state index in [-0.39, 0.29) is 11.6 Å². The lowest BCUT2D eigenvalue weighted by Gasteiger charge is -2.43. The molecule has 1 N–H and O–H groups in total. The zero-order valence-electron chi connectivity index (χ0n) is 13.2. The van der Waals surface area contributed by atoms with Crippen LogP contribution in [0, 0.1) is 0 Å². The summed E-state index contributed by atoms with van der Waals surface area (Å²) in [5, 5.41) is 3.67. The van der Waals surface area contributed by atoms with Crippen LogP contribution in [0.15, 0.2) is 22.7 Å². The number of rotatable bonds is 8. The van der Waals surface area contributed by atoms with Crippen LogP contribution in [0.4, 0.5) is 0 Å². The summed E-state index contributed by atoms with van der Waals surface area (Å²) in [5.41, 5.74) is 1.25. The van der Waals surface area contributed by atoms with E-state index >= 15 is 0 Å². The molecule has 0 amide bonds. The fourth-order valence-electron chi connectivity index (χ4n) is 3.02. The van der Waals surface area contributed by atoms with Gasteiger partial charge in [0.05, 0.1) is 12.7 Å². The number of methoxy groups -OCH3 is 2. The molecule has 1 aromatic carbocycles. The van der Waals surface area contributed by atoms with E-state index in [9.17, 15) is 0 Å². The maximum absolute atomic E-state index is 5.82. The molecule has 21 heavy (non-hydrogen) atoms. The van der Waals surface area contributed by atoms with Crippen molar-refractivity contribution in [2.75, 3.05) is 20.8 Å². The van der Waals surface area contributed by atoms with Crippen molar-refractivity contribution in [3.63, 3.8) is 0 Å². The van der Waals surface area contributed by atoms with Gasteiger partial charge in [-0.1, -0.05) is 22.9 Å². The van der Waals surface area contributed by atoms with Crippen molar-refractivity contribution < 1.29 is 9.47 Å². The van der Waals surface area contributed by atoms with Crippen molar-refractivity contribution in [3.8, 4) is 5.75 Å². The summed E-state index contributed by atoms with van der Waals surface area (Å²) in [6.45, 7) is 3.19. The van der Waals surface area contributed by atoms with Crippen LogP contribution in [0.1, 0.15) is 50.6 Å². The van der Waals surface area contributed by atoms with Gasteiger partial charge >= 0.3 is 0 Å². The van der Waals surface area contributed by atoms with E-state index in [1.165, 1.54) is 12.0 Å². The van der Waals surface area contributed by atoms with Crippen LogP contribution in [0.2, 0.25) is 0 Å². The predicted molar refractivity (Wildman–Crippen MR) is 89.9 cm³/mol. The van der Waals surface area contributed by atoms with Crippen LogP contribution >= 0.6 is 15.9 Å². The van der Waals surface area contributed by atoms with Gasteiger partial charge in [-0.05, 0) is 56.8 Å². The lowest BCUT2D eigenvalue weighted by atomic mass is 9.74. The molecule has 1 saturated carbocycles. The van der Waals surface area contributed by atoms with Crippen molar-refractivity contribution in [2.24, 2.45) is 0 Å². The van der Waals surface area contributed by atoms with Crippen LogP contribution in [0.25, 0.3) is 0 Å². The van der Waals surface area contributed by atoms with Gasteiger partial charge in [0.2, 0.25) is 0 Å². The molecule has 118 valence electrons. The van der Waals surface area contributed by atoms with Gasteiger partial charge in [0.15, 0.2) is 0 Å². The number of ether oxygens (including phenoxy) is 2. The quantitative estimate of drug-likeness (QED) is 0.746. The fraction of sp³-hybridized carbons (Fsp3) is 0.647. The minimum Gasteiger partial charge on any atom is -0.496 e. The first-order chi connectivity index (χ1) is 10.1. The Morgan fingerprint density at radius 1 is 1.33 bits per heavy atom. The molecular formula is C17H26BrNO2. The molecule has 0 aliphatic heterocycles. The maximum Gasteiger partial charge on any atom is 0.123 e. The van der Waals surface area contributed by atoms with Crippen molar-refractivity contribution >= 4 is 15.9 Å². The zero-order chi connectivity index (χ0) is 15.3. The first-order valence-corrected chi connectivity index (χ1v) is 8.55. The summed E-state index contributed by atoms with van der Waals surface area (Å²) in [6, 6.07) is 6.47. The van der Waals surface area contributed by atoms with Crippen LogP contribution in [0.5, 0.6) is 5.75 Å². The summed E-state index contributed by atoms with van der Waals surface area (Å²) in [5.74, 6) is 0.942. The number of nitrogens with one attached hydrogen (secondary N) is 1. The fourth-order valence-corrected chi connectivity index (χ4v) is 3.40. The molecule has 1 unspecified atom stereocenters. The van der Waals surface area contributed by atoms with Crippen molar-refractivity contribution in [2.45, 2.75) is 50.7 Å². The normalized spacial score (nSPS) is 18.1. The van der Waals surface area contributed by atoms with Crippen molar-refractivity contribution in [3.05, 3.63) is 28.2 Å². The maximum atomic E-state index is 5.82. The topological polar surface area (TPSA) is 30.5 Å². The third-order valence-corrected chi connectivity index (χ3v) is 4.98. The van der Waals surface area contributed by atoms with Crippen LogP contribution in [0.3, 0.4) is 0 Å². The summed E-state index contributed by atoms with van der Waals surface area (Å²) in [4.78, 5) is 0. The average molecular weight is 356 g/mol. The highest BCUT2D eigenvalue weighted by Crippen LogP contribution is 2.43. The lowest BCUT2D eigenvalue weighted by molar-refractivity contribution is -0.0839. The lowest BCUT2D eigenvalue weighted by Crippen LogP contribution is -2.43. The van der Waals surface area contributed by atoms with E-state index in [0.29, 0.717) is 0 Å². The van der Waals surface area contributed by atoms with Gasteiger partial charge in [0.1, 0.15) is 5.75 Å². The second-order valence-electron chi connectivity index (χ2n) is 5.84. The Hall–Kier alpha value is -0.580. The highest BCUT2D eigenvalue weighted by molar-refractivity contribution is 9.10. The van der Waals surface area contributed by atoms with E-state index < -0.39 is 0 Å². The summed E-state index contributed by atoms with van der Waals surface area (Å²) in [6.07, 6.45) is 5.70. The van der Waals surface area contributed by atoms with Gasteiger partial charge in [-0.15, -0.1) is 0 Å². The molecule has 4 heteroatoms. The van der Waals surface area contributed by atoms with Gasteiger partial charge in [-0.25, -0.2) is 0 Å². The first-order valence-electron chi connectivity index (χ1n) is 7.76. The Labute approximate surface area is 136 Å². The SMILES string of the molecule is CCCNC(CC1(OC)CCC1)c1cc(Br)ccc1OC. The molecule has 1 fully saturated rings. The number of benzene rings is 1. The molecule has 0 bridgehead atoms. The van der Waals surface area contributed by atoms with Crippen molar-refractivity contribution in [1.29, 1.82) is 0 Å². The van der Waals surface area contributed by atoms with Gasteiger partial charge in [-0.2, -0.15) is 0 Å². The Morgan fingerprint density at radius 2 is 2.10 bits per heavy atom. The number of hydrogen-bond donors (Lipinski definition) is 1. The standard InChI is InChI=1S/C17H26BrNO2/c1-4-10-19-15(12-17(21-3)8-5-9-17)14-11-13(18)6-7-16(14)20-2/h6-7,11,15,19H,4-5,8-10,12H2,1-3H3. The minimum absolute atomic E-state index is 0.0404. The number of hydrogen-bond acceptors (Lipinski definition) is 3. The summed E-state index contributed by atoms with van der Waals surface area (Å²) >= 11 is 3.58. The molecule has 1 aliphatic rings. The molecule has 1 aromatic rings. The second-order valence-corrected chi connectivity index (χ2v) is 6.75. The van der Waals surface area contributed by atoms with Crippen molar-refractivity contribution in [1.82, 2.24) is 5.32 Å². The third kappa shape index (κ3) is 3.99. The van der Waals surface area contributed by atoms with Gasteiger partial charge in [0, 0.05) is 23.2 Å². The molecule has 0 heterocycles. The largest absolute Gasteiger partial charge is 0.496 e. The monoisotopic (exact) mass is 355 g/mol. The van der Waals surface area contributed by atoms with E-state index in [0.717, 1.165) is 42.5 Å². The highest BCUT2D eigenvalue weighted by Gasteiger charge is 2.39. The molecule has 0 spiro atoms. The smallest absolute Gasteiger partial charge is 0.123 e. The summed E-state index contributed by atoms with van der Waals surface area (Å²) < 4.78 is 12.5. The van der Waals surface area contributed by atoms with Crippen LogP contribution < -0.4 is 10.1 Å². The second kappa shape index (κ2) is 7.61. The van der Waals surface area contributed by atoms with Gasteiger partial charge in [0.25, 0.3) is 0 Å². The molecule has 3 nitrogen and oxygen atoms in total. The minimum atomic E-state index is 0.0404. The molecule has 2 rings (SSSR count). The Bertz CT molecular complexity index is 455. The van der Waals surface area contributed by atoms with E-state index in [1.807, 2.05) is 19.2 Å². The Balaban J connectivity index is 2.24. The van der Waals surface area contributed by atoms with E-state index in [1.54, 1.807) is 7.11 Å². The summed E-state index contributed by atoms with van der Waals surface area (Å²) in [7, 11) is 3.58. The zero-order valence-corrected chi connectivity index (χ0v) is 14.8. The number of halogens is 1. The van der Waals surface area contributed by atoms with Gasteiger partial charge in [-0.3, -0.25) is 0 Å². The molecule has 0 saturated heterocycles. The van der Waals surface area contributed by atoms with Crippen LogP contribution in [-0.4, -0.2) is 26.4 Å². The van der Waals surface area contributed by atoms with Crippen LogP contribution in [-0.2, 0) is 4.74 Å². The highest BCUT2D eigenvalue weighted by atomic mass is 79.9. The first kappa shape index (κ1) is 16.8. The average Bonchev–Trinajstić information content (AvgIpc) is 2.46. The van der Waals surface area contributed by atoms with E-state index in [4.69, 9.17) is 9.47 Å². The predicted octanol–water partition coefficient (Wildman–Crippen LogP) is 4.46.